The summed E-state index contributed by atoms with van der Waals surface area (Å²) >= 11 is 0. The number of hydrogen-bond donors (Lipinski definition) is 0. The van der Waals surface area contributed by atoms with E-state index in [4.69, 9.17) is 4.74 Å². The molecule has 1 atom stereocenters. The molecule has 0 radical (unpaired) electrons. The first-order valence-electron chi connectivity index (χ1n) is 6.85. The molecule has 0 bridgehead atoms. The van der Waals surface area contributed by atoms with Gasteiger partial charge in [-0.15, -0.1) is 10.2 Å². The second-order valence-corrected chi connectivity index (χ2v) is 5.11. The van der Waals surface area contributed by atoms with Gasteiger partial charge in [0.1, 0.15) is 5.82 Å². The van der Waals surface area contributed by atoms with E-state index >= 15 is 0 Å². The third-order valence-electron chi connectivity index (χ3n) is 3.67. The normalized spacial score (nSPS) is 16.9. The monoisotopic (exact) mass is 273 g/mol. The van der Waals surface area contributed by atoms with E-state index in [2.05, 4.69) is 31.6 Å². The lowest BCUT2D eigenvalue weighted by atomic mass is 10.2. The van der Waals surface area contributed by atoms with Crippen LogP contribution >= 0.6 is 0 Å². The van der Waals surface area contributed by atoms with Crippen molar-refractivity contribution in [1.82, 2.24) is 24.6 Å². The van der Waals surface area contributed by atoms with Crippen LogP contribution in [-0.4, -0.2) is 51.0 Å². The van der Waals surface area contributed by atoms with Crippen LogP contribution in [0.25, 0.3) is 11.4 Å². The maximum Gasteiger partial charge on any atom is 0.165 e. The lowest BCUT2D eigenvalue weighted by Crippen LogP contribution is -2.38. The van der Waals surface area contributed by atoms with Gasteiger partial charge in [0, 0.05) is 44.7 Å². The third kappa shape index (κ3) is 2.57. The molecular weight excluding hydrogens is 254 g/mol. The van der Waals surface area contributed by atoms with Crippen molar-refractivity contribution in [2.75, 3.05) is 20.2 Å². The van der Waals surface area contributed by atoms with E-state index in [0.29, 0.717) is 0 Å². The highest BCUT2D eigenvalue weighted by molar-refractivity contribution is 5.53. The molecule has 2 aromatic heterocycles. The van der Waals surface area contributed by atoms with Crippen LogP contribution in [0.2, 0.25) is 0 Å². The number of ether oxygens (including phenoxy) is 1. The van der Waals surface area contributed by atoms with E-state index in [0.717, 1.165) is 43.4 Å². The Kier molecular flexibility index (Phi) is 3.75. The number of rotatable bonds is 4. The van der Waals surface area contributed by atoms with Crippen molar-refractivity contribution in [2.24, 2.45) is 0 Å². The number of nitrogens with zero attached hydrogens (tertiary/aromatic N) is 5. The highest BCUT2D eigenvalue weighted by Crippen LogP contribution is 2.20. The first kappa shape index (κ1) is 13.2. The molecule has 0 aromatic carbocycles. The lowest BCUT2D eigenvalue weighted by molar-refractivity contribution is 0.0665. The van der Waals surface area contributed by atoms with Crippen LogP contribution in [0.5, 0.6) is 0 Å². The summed E-state index contributed by atoms with van der Waals surface area (Å²) in [5, 5.41) is 8.64. The summed E-state index contributed by atoms with van der Waals surface area (Å²) in [5.41, 5.74) is 1.02. The fourth-order valence-corrected chi connectivity index (χ4v) is 2.51. The van der Waals surface area contributed by atoms with Crippen LogP contribution in [0.15, 0.2) is 24.5 Å². The molecule has 20 heavy (non-hydrogen) atoms. The highest BCUT2D eigenvalue weighted by Gasteiger charge is 2.22. The summed E-state index contributed by atoms with van der Waals surface area (Å²) in [4.78, 5) is 6.50. The second-order valence-electron chi connectivity index (χ2n) is 5.11. The van der Waals surface area contributed by atoms with E-state index in [1.807, 2.05) is 18.3 Å². The van der Waals surface area contributed by atoms with Crippen molar-refractivity contribution < 1.29 is 4.74 Å². The number of fused-ring (bicyclic) bond motifs is 1. The molecule has 0 saturated carbocycles. The minimum absolute atomic E-state index is 0.238. The van der Waals surface area contributed by atoms with Crippen molar-refractivity contribution in [3.8, 4) is 11.4 Å². The molecule has 3 rings (SSSR count). The highest BCUT2D eigenvalue weighted by atomic mass is 16.5. The zero-order valence-electron chi connectivity index (χ0n) is 11.9. The fourth-order valence-electron chi connectivity index (χ4n) is 2.51. The number of pyridine rings is 1. The van der Waals surface area contributed by atoms with E-state index < -0.39 is 0 Å². The Morgan fingerprint density at radius 1 is 1.35 bits per heavy atom. The largest absolute Gasteiger partial charge is 0.380 e. The maximum atomic E-state index is 5.32. The molecule has 1 aliphatic heterocycles. The van der Waals surface area contributed by atoms with Gasteiger partial charge in [0.05, 0.1) is 12.6 Å². The fraction of sp³-hybridized carbons (Fsp3) is 0.500. The minimum atomic E-state index is 0.238. The molecule has 1 aliphatic rings. The maximum absolute atomic E-state index is 5.32. The first-order chi connectivity index (χ1) is 9.78. The van der Waals surface area contributed by atoms with Crippen LogP contribution in [0.4, 0.5) is 0 Å². The standard InChI is InChI=1S/C14H19N5O/c1-11(20-2)9-18-6-7-19-13(10-18)16-17-14(19)12-4-3-5-15-8-12/h3-5,8,11H,6-7,9-10H2,1-2H3. The van der Waals surface area contributed by atoms with Gasteiger partial charge in [0.2, 0.25) is 0 Å². The van der Waals surface area contributed by atoms with Gasteiger partial charge in [-0.2, -0.15) is 0 Å². The summed E-state index contributed by atoms with van der Waals surface area (Å²) in [6.45, 7) is 5.72. The van der Waals surface area contributed by atoms with Gasteiger partial charge in [-0.25, -0.2) is 0 Å². The van der Waals surface area contributed by atoms with E-state index in [-0.39, 0.29) is 6.10 Å². The molecule has 0 N–H and O–H groups in total. The molecule has 0 fully saturated rings. The molecule has 2 aromatic rings. The van der Waals surface area contributed by atoms with Gasteiger partial charge in [-0.3, -0.25) is 9.88 Å². The van der Waals surface area contributed by atoms with Crippen molar-refractivity contribution in [3.05, 3.63) is 30.4 Å². The van der Waals surface area contributed by atoms with E-state index in [9.17, 15) is 0 Å². The number of aromatic nitrogens is 4. The Bertz CT molecular complexity index is 568. The van der Waals surface area contributed by atoms with Gasteiger partial charge < -0.3 is 9.30 Å². The number of methoxy groups -OCH3 is 1. The quantitative estimate of drug-likeness (QED) is 0.837. The molecule has 0 saturated heterocycles. The molecule has 0 aliphatic carbocycles. The van der Waals surface area contributed by atoms with Crippen molar-refractivity contribution in [1.29, 1.82) is 0 Å². The van der Waals surface area contributed by atoms with Crippen molar-refractivity contribution >= 4 is 0 Å². The summed E-state index contributed by atoms with van der Waals surface area (Å²) < 4.78 is 7.51. The van der Waals surface area contributed by atoms with Crippen LogP contribution in [0.3, 0.4) is 0 Å². The zero-order chi connectivity index (χ0) is 13.9. The second kappa shape index (κ2) is 5.68. The summed E-state index contributed by atoms with van der Waals surface area (Å²) in [6, 6.07) is 3.94. The summed E-state index contributed by atoms with van der Waals surface area (Å²) in [5.74, 6) is 1.92. The van der Waals surface area contributed by atoms with Crippen LogP contribution < -0.4 is 0 Å². The Morgan fingerprint density at radius 2 is 2.25 bits per heavy atom. The topological polar surface area (TPSA) is 56.1 Å². The summed E-state index contributed by atoms with van der Waals surface area (Å²) in [6.07, 6.45) is 3.84. The zero-order valence-corrected chi connectivity index (χ0v) is 11.9. The number of hydrogen-bond acceptors (Lipinski definition) is 5. The van der Waals surface area contributed by atoms with Crippen LogP contribution in [-0.2, 0) is 17.8 Å². The van der Waals surface area contributed by atoms with Crippen molar-refractivity contribution in [2.45, 2.75) is 26.1 Å². The average molecular weight is 273 g/mol. The minimum Gasteiger partial charge on any atom is -0.380 e. The molecule has 0 amide bonds. The first-order valence-corrected chi connectivity index (χ1v) is 6.85. The molecule has 6 nitrogen and oxygen atoms in total. The average Bonchev–Trinajstić information content (AvgIpc) is 2.91. The Morgan fingerprint density at radius 3 is 3.00 bits per heavy atom. The Balaban J connectivity index is 1.79. The molecule has 106 valence electrons. The Hall–Kier alpha value is -1.79. The van der Waals surface area contributed by atoms with E-state index in [1.54, 1.807) is 13.3 Å². The van der Waals surface area contributed by atoms with Crippen LogP contribution in [0, 0.1) is 0 Å². The molecule has 0 spiro atoms. The lowest BCUT2D eigenvalue weighted by Gasteiger charge is -2.29. The smallest absolute Gasteiger partial charge is 0.165 e. The van der Waals surface area contributed by atoms with Gasteiger partial charge in [-0.1, -0.05) is 0 Å². The molecule has 1 unspecified atom stereocenters. The SMILES string of the molecule is COC(C)CN1CCn2c(nnc2-c2cccnc2)C1. The molecular formula is C14H19N5O. The van der Waals surface area contributed by atoms with Gasteiger partial charge in [-0.05, 0) is 19.1 Å². The van der Waals surface area contributed by atoms with Gasteiger partial charge >= 0.3 is 0 Å². The van der Waals surface area contributed by atoms with Crippen molar-refractivity contribution in [3.63, 3.8) is 0 Å². The van der Waals surface area contributed by atoms with E-state index in [1.165, 1.54) is 0 Å². The third-order valence-corrected chi connectivity index (χ3v) is 3.67. The van der Waals surface area contributed by atoms with Gasteiger partial charge in [0.15, 0.2) is 5.82 Å². The predicted octanol–water partition coefficient (Wildman–Crippen LogP) is 1.19. The van der Waals surface area contributed by atoms with Crippen LogP contribution in [0.1, 0.15) is 12.7 Å². The van der Waals surface area contributed by atoms with Gasteiger partial charge in [0.25, 0.3) is 0 Å². The molecule has 3 heterocycles. The summed E-state index contributed by atoms with van der Waals surface area (Å²) in [7, 11) is 1.75. The molecule has 6 heteroatoms. The Labute approximate surface area is 118 Å². The predicted molar refractivity (Wildman–Crippen MR) is 75.0 cm³/mol.